The Bertz CT molecular complexity index is 270. The van der Waals surface area contributed by atoms with Gasteiger partial charge in [0.25, 0.3) is 0 Å². The zero-order valence-electron chi connectivity index (χ0n) is 9.91. The minimum Gasteiger partial charge on any atom is -0.378 e. The Labute approximate surface area is 91.5 Å². The number of carbonyl (C=O) groups is 2. The standard InChI is InChI=1S/C12H19NO2/c1-5-13(6-2)9-7-8-12(10(3)14)11(4)15/h7-9H,5-6H2,1-4H3. The highest BCUT2D eigenvalue weighted by Gasteiger charge is 2.06. The summed E-state index contributed by atoms with van der Waals surface area (Å²) in [4.78, 5) is 24.2. The number of ketones is 2. The molecule has 0 amide bonds. The van der Waals surface area contributed by atoms with E-state index in [9.17, 15) is 9.59 Å². The maximum Gasteiger partial charge on any atom is 0.163 e. The first-order valence-corrected chi connectivity index (χ1v) is 5.17. The van der Waals surface area contributed by atoms with Crippen LogP contribution in [-0.4, -0.2) is 29.6 Å². The second-order valence-corrected chi connectivity index (χ2v) is 3.26. The minimum absolute atomic E-state index is 0.188. The molecule has 15 heavy (non-hydrogen) atoms. The number of Topliss-reactive ketones (excluding diaryl/α,β-unsaturated/α-hetero) is 2. The third-order valence-corrected chi connectivity index (χ3v) is 2.13. The van der Waals surface area contributed by atoms with Crippen LogP contribution in [0.5, 0.6) is 0 Å². The van der Waals surface area contributed by atoms with Crippen molar-refractivity contribution in [2.24, 2.45) is 0 Å². The van der Waals surface area contributed by atoms with Crippen molar-refractivity contribution in [3.8, 4) is 0 Å². The van der Waals surface area contributed by atoms with Crippen LogP contribution in [0, 0.1) is 0 Å². The van der Waals surface area contributed by atoms with Crippen molar-refractivity contribution in [1.29, 1.82) is 0 Å². The van der Waals surface area contributed by atoms with E-state index in [0.717, 1.165) is 13.1 Å². The predicted octanol–water partition coefficient (Wildman–Crippen LogP) is 1.95. The van der Waals surface area contributed by atoms with E-state index in [1.807, 2.05) is 6.20 Å². The second kappa shape index (κ2) is 6.98. The molecule has 0 aliphatic rings. The van der Waals surface area contributed by atoms with Gasteiger partial charge < -0.3 is 4.90 Å². The topological polar surface area (TPSA) is 37.4 Å². The number of hydrogen-bond acceptors (Lipinski definition) is 3. The van der Waals surface area contributed by atoms with E-state index >= 15 is 0 Å². The zero-order valence-corrected chi connectivity index (χ0v) is 9.91. The third kappa shape index (κ3) is 5.15. The Morgan fingerprint density at radius 3 is 1.87 bits per heavy atom. The van der Waals surface area contributed by atoms with Gasteiger partial charge in [0.1, 0.15) is 0 Å². The van der Waals surface area contributed by atoms with Crippen LogP contribution < -0.4 is 0 Å². The number of hydrogen-bond donors (Lipinski definition) is 0. The van der Waals surface area contributed by atoms with Crippen LogP contribution >= 0.6 is 0 Å². The molecule has 0 saturated carbocycles. The number of carbonyl (C=O) groups excluding carboxylic acids is 2. The van der Waals surface area contributed by atoms with Gasteiger partial charge in [-0.15, -0.1) is 0 Å². The van der Waals surface area contributed by atoms with E-state index in [0.29, 0.717) is 0 Å². The molecule has 0 bridgehead atoms. The van der Waals surface area contributed by atoms with Gasteiger partial charge in [0.2, 0.25) is 0 Å². The Hall–Kier alpha value is -1.38. The van der Waals surface area contributed by atoms with Crippen LogP contribution in [-0.2, 0) is 9.59 Å². The molecule has 0 rings (SSSR count). The van der Waals surface area contributed by atoms with Gasteiger partial charge in [0.15, 0.2) is 11.6 Å². The van der Waals surface area contributed by atoms with Crippen molar-refractivity contribution < 1.29 is 9.59 Å². The molecule has 0 aromatic carbocycles. The van der Waals surface area contributed by atoms with Gasteiger partial charge in [0, 0.05) is 13.1 Å². The lowest BCUT2D eigenvalue weighted by Gasteiger charge is -2.13. The normalized spacial score (nSPS) is 10.1. The van der Waals surface area contributed by atoms with Crippen LogP contribution in [0.2, 0.25) is 0 Å². The average Bonchev–Trinajstić information content (AvgIpc) is 2.17. The first-order valence-electron chi connectivity index (χ1n) is 5.17. The van der Waals surface area contributed by atoms with Crippen LogP contribution in [0.25, 0.3) is 0 Å². The molecule has 3 heteroatoms. The summed E-state index contributed by atoms with van der Waals surface area (Å²) in [6.07, 6.45) is 5.19. The predicted molar refractivity (Wildman–Crippen MR) is 61.5 cm³/mol. The fourth-order valence-corrected chi connectivity index (χ4v) is 1.18. The highest BCUT2D eigenvalue weighted by molar-refractivity contribution is 6.18. The van der Waals surface area contributed by atoms with Gasteiger partial charge in [-0.1, -0.05) is 0 Å². The van der Waals surface area contributed by atoms with Crippen molar-refractivity contribution >= 4 is 11.6 Å². The molecule has 0 aromatic rings. The fourth-order valence-electron chi connectivity index (χ4n) is 1.18. The van der Waals surface area contributed by atoms with E-state index < -0.39 is 0 Å². The fraction of sp³-hybridized carbons (Fsp3) is 0.500. The van der Waals surface area contributed by atoms with Crippen LogP contribution in [0.3, 0.4) is 0 Å². The zero-order chi connectivity index (χ0) is 11.8. The lowest BCUT2D eigenvalue weighted by molar-refractivity contribution is -0.119. The lowest BCUT2D eigenvalue weighted by Crippen LogP contribution is -2.15. The minimum atomic E-state index is -0.188. The lowest BCUT2D eigenvalue weighted by atomic mass is 10.1. The van der Waals surface area contributed by atoms with Gasteiger partial charge in [-0.05, 0) is 46.0 Å². The Kier molecular flexibility index (Phi) is 6.34. The summed E-state index contributed by atoms with van der Waals surface area (Å²) in [6, 6.07) is 0. The van der Waals surface area contributed by atoms with Gasteiger partial charge in [-0.3, -0.25) is 9.59 Å². The van der Waals surface area contributed by atoms with Crippen molar-refractivity contribution in [2.75, 3.05) is 13.1 Å². The molecule has 0 fully saturated rings. The second-order valence-electron chi connectivity index (χ2n) is 3.26. The summed E-state index contributed by atoms with van der Waals surface area (Å²) in [5.74, 6) is -0.376. The molecule has 0 aliphatic heterocycles. The van der Waals surface area contributed by atoms with E-state index in [-0.39, 0.29) is 17.1 Å². The first-order chi connectivity index (χ1) is 7.02. The van der Waals surface area contributed by atoms with E-state index in [1.54, 1.807) is 12.2 Å². The molecule has 0 spiro atoms. The van der Waals surface area contributed by atoms with Crippen molar-refractivity contribution in [2.45, 2.75) is 27.7 Å². The molecule has 0 heterocycles. The van der Waals surface area contributed by atoms with Crippen LogP contribution in [0.15, 0.2) is 23.9 Å². The summed E-state index contributed by atoms with van der Waals surface area (Å²) < 4.78 is 0. The summed E-state index contributed by atoms with van der Waals surface area (Å²) in [6.45, 7) is 8.73. The summed E-state index contributed by atoms with van der Waals surface area (Å²) in [5.41, 5.74) is 0.249. The maximum absolute atomic E-state index is 11.1. The van der Waals surface area contributed by atoms with Crippen LogP contribution in [0.1, 0.15) is 27.7 Å². The van der Waals surface area contributed by atoms with Crippen molar-refractivity contribution in [1.82, 2.24) is 4.90 Å². The smallest absolute Gasteiger partial charge is 0.163 e. The van der Waals surface area contributed by atoms with E-state index in [1.165, 1.54) is 13.8 Å². The number of allylic oxidation sites excluding steroid dienone is 3. The third-order valence-electron chi connectivity index (χ3n) is 2.13. The Morgan fingerprint density at radius 1 is 1.07 bits per heavy atom. The number of rotatable bonds is 6. The molecule has 0 atom stereocenters. The Morgan fingerprint density at radius 2 is 1.53 bits per heavy atom. The quantitative estimate of drug-likeness (QED) is 0.290. The van der Waals surface area contributed by atoms with E-state index in [4.69, 9.17) is 0 Å². The monoisotopic (exact) mass is 209 g/mol. The summed E-state index contributed by atoms with van der Waals surface area (Å²) in [7, 11) is 0. The van der Waals surface area contributed by atoms with Gasteiger partial charge in [-0.25, -0.2) is 0 Å². The highest BCUT2D eigenvalue weighted by Crippen LogP contribution is 1.99. The molecular formula is C12H19NO2. The average molecular weight is 209 g/mol. The molecule has 0 radical (unpaired) electrons. The van der Waals surface area contributed by atoms with Crippen molar-refractivity contribution in [3.63, 3.8) is 0 Å². The van der Waals surface area contributed by atoms with Gasteiger partial charge >= 0.3 is 0 Å². The largest absolute Gasteiger partial charge is 0.378 e. The SMILES string of the molecule is CCN(C=CC=C(C(C)=O)C(C)=O)CC. The van der Waals surface area contributed by atoms with Crippen LogP contribution in [0.4, 0.5) is 0 Å². The highest BCUT2D eigenvalue weighted by atomic mass is 16.1. The molecule has 84 valence electrons. The molecule has 0 aliphatic carbocycles. The molecule has 0 N–H and O–H groups in total. The van der Waals surface area contributed by atoms with Gasteiger partial charge in [-0.2, -0.15) is 0 Å². The molecule has 0 unspecified atom stereocenters. The van der Waals surface area contributed by atoms with Gasteiger partial charge in [0.05, 0.1) is 5.57 Å². The van der Waals surface area contributed by atoms with Crippen molar-refractivity contribution in [3.05, 3.63) is 23.9 Å². The first kappa shape index (κ1) is 13.6. The molecule has 3 nitrogen and oxygen atoms in total. The number of nitrogens with zero attached hydrogens (tertiary/aromatic N) is 1. The maximum atomic E-state index is 11.1. The van der Waals surface area contributed by atoms with E-state index in [2.05, 4.69) is 18.7 Å². The molecule has 0 aromatic heterocycles. The molecule has 0 saturated heterocycles. The summed E-state index contributed by atoms with van der Waals surface area (Å²) in [5, 5.41) is 0. The Balaban J connectivity index is 4.59. The molecular weight excluding hydrogens is 190 g/mol. The summed E-state index contributed by atoms with van der Waals surface area (Å²) >= 11 is 0.